The minimum atomic E-state index is -0.249. The average Bonchev–Trinajstić information content (AvgIpc) is 2.74. The molecule has 154 valence electrons. The fourth-order valence-corrected chi connectivity index (χ4v) is 2.94. The third-order valence-corrected chi connectivity index (χ3v) is 4.36. The van der Waals surface area contributed by atoms with E-state index in [-0.39, 0.29) is 24.9 Å². The third kappa shape index (κ3) is 7.75. The van der Waals surface area contributed by atoms with Crippen molar-refractivity contribution in [1.82, 2.24) is 4.90 Å². The van der Waals surface area contributed by atoms with Gasteiger partial charge in [-0.25, -0.2) is 0 Å². The van der Waals surface area contributed by atoms with E-state index < -0.39 is 0 Å². The fraction of sp³-hybridized carbons (Fsp3) is 0.304. The maximum Gasteiger partial charge on any atom is 0.238 e. The van der Waals surface area contributed by atoms with Gasteiger partial charge in [-0.05, 0) is 49.4 Å². The van der Waals surface area contributed by atoms with Gasteiger partial charge in [-0.2, -0.15) is 10.5 Å². The molecule has 0 aliphatic carbocycles. The molecule has 2 amide bonds. The van der Waals surface area contributed by atoms with Gasteiger partial charge in [-0.1, -0.05) is 31.9 Å². The Bertz CT molecular complexity index is 885. The zero-order valence-corrected chi connectivity index (χ0v) is 17.0. The van der Waals surface area contributed by atoms with E-state index in [0.717, 1.165) is 19.3 Å². The van der Waals surface area contributed by atoms with E-state index in [1.165, 1.54) is 0 Å². The second-order valence-corrected chi connectivity index (χ2v) is 6.90. The van der Waals surface area contributed by atoms with Crippen molar-refractivity contribution in [2.24, 2.45) is 0 Å². The van der Waals surface area contributed by atoms with E-state index in [9.17, 15) is 9.59 Å². The highest BCUT2D eigenvalue weighted by atomic mass is 16.2. The maximum atomic E-state index is 12.5. The van der Waals surface area contributed by atoms with Crippen LogP contribution < -0.4 is 10.6 Å². The number of unbranched alkanes of at least 4 members (excludes halogenated alkanes) is 2. The van der Waals surface area contributed by atoms with Crippen molar-refractivity contribution in [3.8, 4) is 12.1 Å². The van der Waals surface area contributed by atoms with Crippen LogP contribution in [0.4, 0.5) is 11.4 Å². The van der Waals surface area contributed by atoms with Crippen LogP contribution in [0.25, 0.3) is 0 Å². The lowest BCUT2D eigenvalue weighted by atomic mass is 10.2. The van der Waals surface area contributed by atoms with Crippen molar-refractivity contribution in [2.75, 3.05) is 30.3 Å². The van der Waals surface area contributed by atoms with E-state index in [2.05, 4.69) is 17.6 Å². The van der Waals surface area contributed by atoms with Crippen molar-refractivity contribution in [3.05, 3.63) is 59.7 Å². The summed E-state index contributed by atoms with van der Waals surface area (Å²) in [6.07, 6.45) is 2.92. The van der Waals surface area contributed by atoms with Crippen molar-refractivity contribution in [3.63, 3.8) is 0 Å². The second kappa shape index (κ2) is 12.0. The molecule has 2 aromatic carbocycles. The molecular weight excluding hydrogens is 378 g/mol. The first-order chi connectivity index (χ1) is 14.5. The first kappa shape index (κ1) is 22.6. The predicted molar refractivity (Wildman–Crippen MR) is 116 cm³/mol. The van der Waals surface area contributed by atoms with E-state index in [0.29, 0.717) is 29.0 Å². The van der Waals surface area contributed by atoms with Crippen molar-refractivity contribution >= 4 is 23.2 Å². The Hall–Kier alpha value is -3.68. The Morgan fingerprint density at radius 1 is 0.867 bits per heavy atom. The van der Waals surface area contributed by atoms with Gasteiger partial charge in [-0.15, -0.1) is 0 Å². The number of hydrogen-bond donors (Lipinski definition) is 2. The number of nitriles is 2. The Kier molecular flexibility index (Phi) is 9.05. The zero-order chi connectivity index (χ0) is 21.8. The molecular formula is C23H25N5O2. The van der Waals surface area contributed by atoms with Gasteiger partial charge >= 0.3 is 0 Å². The Labute approximate surface area is 176 Å². The molecule has 7 heteroatoms. The highest BCUT2D eigenvalue weighted by molar-refractivity contribution is 5.94. The zero-order valence-electron chi connectivity index (χ0n) is 17.0. The molecule has 0 bridgehead atoms. The summed E-state index contributed by atoms with van der Waals surface area (Å²) in [6.45, 7) is 2.83. The largest absolute Gasteiger partial charge is 0.325 e. The molecule has 0 aromatic heterocycles. The number of benzene rings is 2. The van der Waals surface area contributed by atoms with Crippen LogP contribution in [0.15, 0.2) is 48.5 Å². The van der Waals surface area contributed by atoms with Crippen LogP contribution in [0.5, 0.6) is 0 Å². The number of hydrogen-bond acceptors (Lipinski definition) is 5. The minimum absolute atomic E-state index is 0.0617. The number of carbonyl (C=O) groups is 2. The molecule has 0 aliphatic rings. The molecule has 2 rings (SSSR count). The summed E-state index contributed by atoms with van der Waals surface area (Å²) in [5.41, 5.74) is 2.02. The van der Waals surface area contributed by atoms with Crippen LogP contribution in [-0.4, -0.2) is 36.3 Å². The fourth-order valence-electron chi connectivity index (χ4n) is 2.94. The molecule has 0 spiro atoms. The smallest absolute Gasteiger partial charge is 0.238 e. The molecule has 0 unspecified atom stereocenters. The van der Waals surface area contributed by atoms with Crippen molar-refractivity contribution in [1.29, 1.82) is 10.5 Å². The highest BCUT2D eigenvalue weighted by Crippen LogP contribution is 2.11. The molecule has 0 atom stereocenters. The molecule has 0 fully saturated rings. The van der Waals surface area contributed by atoms with Gasteiger partial charge in [0.25, 0.3) is 0 Å². The van der Waals surface area contributed by atoms with E-state index in [1.807, 2.05) is 12.1 Å². The Morgan fingerprint density at radius 2 is 1.37 bits per heavy atom. The van der Waals surface area contributed by atoms with Crippen LogP contribution in [0.1, 0.15) is 37.3 Å². The van der Waals surface area contributed by atoms with E-state index in [1.54, 1.807) is 53.4 Å². The van der Waals surface area contributed by atoms with Crippen molar-refractivity contribution < 1.29 is 9.59 Å². The summed E-state index contributed by atoms with van der Waals surface area (Å²) >= 11 is 0. The Morgan fingerprint density at radius 3 is 1.80 bits per heavy atom. The number of amides is 2. The Balaban J connectivity index is 1.97. The second-order valence-electron chi connectivity index (χ2n) is 6.90. The van der Waals surface area contributed by atoms with Crippen LogP contribution in [0, 0.1) is 22.7 Å². The van der Waals surface area contributed by atoms with Crippen LogP contribution >= 0.6 is 0 Å². The lowest BCUT2D eigenvalue weighted by Crippen LogP contribution is -2.39. The number of rotatable bonds is 10. The molecule has 0 saturated carbocycles. The van der Waals surface area contributed by atoms with Gasteiger partial charge in [0, 0.05) is 11.4 Å². The normalized spacial score (nSPS) is 10.1. The molecule has 7 nitrogen and oxygen atoms in total. The van der Waals surface area contributed by atoms with Gasteiger partial charge in [0.15, 0.2) is 0 Å². The SMILES string of the molecule is CCCCCN(CC(=O)Nc1cccc(C#N)c1)CC(=O)Nc1cccc(C#N)c1. The maximum absolute atomic E-state index is 12.5. The third-order valence-electron chi connectivity index (χ3n) is 4.36. The molecule has 30 heavy (non-hydrogen) atoms. The highest BCUT2D eigenvalue weighted by Gasteiger charge is 2.15. The van der Waals surface area contributed by atoms with Crippen LogP contribution in [-0.2, 0) is 9.59 Å². The summed E-state index contributed by atoms with van der Waals surface area (Å²) in [5, 5.41) is 23.5. The predicted octanol–water partition coefficient (Wildman–Crippen LogP) is 3.50. The first-order valence-electron chi connectivity index (χ1n) is 9.86. The average molecular weight is 403 g/mol. The van der Waals surface area contributed by atoms with Crippen LogP contribution in [0.2, 0.25) is 0 Å². The number of nitrogens with one attached hydrogen (secondary N) is 2. The van der Waals surface area contributed by atoms with Gasteiger partial charge in [0.2, 0.25) is 11.8 Å². The quantitative estimate of drug-likeness (QED) is 0.590. The van der Waals surface area contributed by atoms with E-state index >= 15 is 0 Å². The van der Waals surface area contributed by atoms with Gasteiger partial charge in [0.1, 0.15) is 0 Å². The molecule has 0 heterocycles. The number of anilines is 2. The summed E-state index contributed by atoms with van der Waals surface area (Å²) < 4.78 is 0. The standard InChI is InChI=1S/C23H25N5O2/c1-2-3-4-11-28(16-22(29)26-20-9-5-7-18(12-20)14-24)17-23(30)27-21-10-6-8-19(13-21)15-25/h5-10,12-13H,2-4,11,16-17H2,1H3,(H,26,29)(H,27,30). The first-order valence-corrected chi connectivity index (χ1v) is 9.86. The van der Waals surface area contributed by atoms with Gasteiger partial charge < -0.3 is 10.6 Å². The lowest BCUT2D eigenvalue weighted by molar-refractivity contribution is -0.120. The number of carbonyl (C=O) groups excluding carboxylic acids is 2. The molecule has 0 aliphatic heterocycles. The summed E-state index contributed by atoms with van der Waals surface area (Å²) in [5.74, 6) is -0.498. The van der Waals surface area contributed by atoms with Gasteiger partial charge in [0.05, 0.1) is 36.4 Å². The molecule has 0 saturated heterocycles. The van der Waals surface area contributed by atoms with Gasteiger partial charge in [-0.3, -0.25) is 14.5 Å². The molecule has 0 radical (unpaired) electrons. The van der Waals surface area contributed by atoms with Crippen LogP contribution in [0.3, 0.4) is 0 Å². The summed E-state index contributed by atoms with van der Waals surface area (Å²) in [4.78, 5) is 26.7. The summed E-state index contributed by atoms with van der Waals surface area (Å²) in [7, 11) is 0. The van der Waals surface area contributed by atoms with Crippen molar-refractivity contribution in [2.45, 2.75) is 26.2 Å². The topological polar surface area (TPSA) is 109 Å². The molecule has 2 N–H and O–H groups in total. The monoisotopic (exact) mass is 403 g/mol. The molecule has 2 aromatic rings. The van der Waals surface area contributed by atoms with E-state index in [4.69, 9.17) is 10.5 Å². The lowest BCUT2D eigenvalue weighted by Gasteiger charge is -2.21. The number of nitrogens with zero attached hydrogens (tertiary/aromatic N) is 3. The minimum Gasteiger partial charge on any atom is -0.325 e. The summed E-state index contributed by atoms with van der Waals surface area (Å²) in [6, 6.07) is 17.5.